The third-order valence-corrected chi connectivity index (χ3v) is 6.62. The Morgan fingerprint density at radius 2 is 1.78 bits per heavy atom. The molecule has 4 aliphatic rings. The van der Waals surface area contributed by atoms with Gasteiger partial charge in [-0.1, -0.05) is 15.9 Å². The van der Waals surface area contributed by atoms with E-state index >= 15 is 0 Å². The fourth-order valence-corrected chi connectivity index (χ4v) is 5.96. The molecule has 27 heavy (non-hydrogen) atoms. The van der Waals surface area contributed by atoms with Gasteiger partial charge in [0.25, 0.3) is 5.91 Å². The number of carbonyl (C=O) groups is 3. The van der Waals surface area contributed by atoms with Crippen LogP contribution in [0.4, 0.5) is 4.79 Å². The molecule has 144 valence electrons. The summed E-state index contributed by atoms with van der Waals surface area (Å²) < 4.78 is 6.14. The van der Waals surface area contributed by atoms with Crippen molar-refractivity contribution in [3.8, 4) is 5.75 Å². The number of hydrogen-bond acceptors (Lipinski definition) is 4. The Hall–Kier alpha value is -1.89. The van der Waals surface area contributed by atoms with E-state index in [1.807, 2.05) is 0 Å². The van der Waals surface area contributed by atoms with Gasteiger partial charge in [0.15, 0.2) is 12.9 Å². The second kappa shape index (κ2) is 7.26. The summed E-state index contributed by atoms with van der Waals surface area (Å²) in [5.74, 6) is 1.93. The molecule has 4 bridgehead atoms. The van der Waals surface area contributed by atoms with Gasteiger partial charge in [0.2, 0.25) is 0 Å². The van der Waals surface area contributed by atoms with Crippen molar-refractivity contribution in [3.63, 3.8) is 0 Å². The number of urea groups is 1. The highest BCUT2D eigenvalue weighted by molar-refractivity contribution is 9.10. The number of hydrogen-bond donors (Lipinski definition) is 2. The maximum Gasteiger partial charge on any atom is 0.321 e. The zero-order valence-corrected chi connectivity index (χ0v) is 16.6. The van der Waals surface area contributed by atoms with Gasteiger partial charge < -0.3 is 10.1 Å². The number of benzene rings is 1. The lowest BCUT2D eigenvalue weighted by Gasteiger charge is -2.56. The fourth-order valence-electron chi connectivity index (χ4n) is 5.58. The average Bonchev–Trinajstić information content (AvgIpc) is 2.58. The van der Waals surface area contributed by atoms with Gasteiger partial charge in [-0.05, 0) is 74.5 Å². The van der Waals surface area contributed by atoms with Crippen LogP contribution in [0, 0.1) is 17.8 Å². The lowest BCUT2D eigenvalue weighted by Crippen LogP contribution is -2.62. The summed E-state index contributed by atoms with van der Waals surface area (Å²) in [4.78, 5) is 35.5. The third kappa shape index (κ3) is 4.03. The Morgan fingerprint density at radius 3 is 2.37 bits per heavy atom. The Kier molecular flexibility index (Phi) is 4.97. The molecule has 1 aromatic rings. The highest BCUT2D eigenvalue weighted by atomic mass is 79.9. The molecule has 0 unspecified atom stereocenters. The van der Waals surface area contributed by atoms with Crippen molar-refractivity contribution in [3.05, 3.63) is 28.2 Å². The minimum atomic E-state index is -0.531. The predicted molar refractivity (Wildman–Crippen MR) is 103 cm³/mol. The first-order valence-corrected chi connectivity index (χ1v) is 10.2. The van der Waals surface area contributed by atoms with Crippen molar-refractivity contribution in [1.29, 1.82) is 0 Å². The molecule has 0 radical (unpaired) electrons. The van der Waals surface area contributed by atoms with Crippen LogP contribution in [-0.2, 0) is 4.79 Å². The summed E-state index contributed by atoms with van der Waals surface area (Å²) in [5, 5.41) is 5.46. The Bertz CT molecular complexity index is 744. The van der Waals surface area contributed by atoms with Crippen molar-refractivity contribution < 1.29 is 19.1 Å². The Balaban J connectivity index is 1.30. The Morgan fingerprint density at radius 1 is 1.15 bits per heavy atom. The molecule has 4 aliphatic carbocycles. The molecule has 0 aliphatic heterocycles. The predicted octanol–water partition coefficient (Wildman–Crippen LogP) is 3.44. The molecular formula is C20H23BrN2O4. The molecule has 3 amide bonds. The zero-order valence-electron chi connectivity index (χ0n) is 15.0. The monoisotopic (exact) mass is 434 g/mol. The van der Waals surface area contributed by atoms with E-state index in [0.717, 1.165) is 41.5 Å². The van der Waals surface area contributed by atoms with E-state index in [1.54, 1.807) is 18.2 Å². The summed E-state index contributed by atoms with van der Waals surface area (Å²) in [6.07, 6.45) is 7.62. The number of carbonyl (C=O) groups excluding carboxylic acids is 3. The van der Waals surface area contributed by atoms with Crippen LogP contribution in [0.15, 0.2) is 22.7 Å². The van der Waals surface area contributed by atoms with Crippen LogP contribution in [-0.4, -0.2) is 30.4 Å². The quantitative estimate of drug-likeness (QED) is 0.695. The summed E-state index contributed by atoms with van der Waals surface area (Å²) >= 11 is 3.28. The zero-order chi connectivity index (χ0) is 19.0. The first kappa shape index (κ1) is 18.5. The first-order valence-electron chi connectivity index (χ1n) is 9.44. The number of halogens is 1. The number of aldehydes is 1. The minimum Gasteiger partial charge on any atom is -0.483 e. The van der Waals surface area contributed by atoms with Crippen molar-refractivity contribution in [2.24, 2.45) is 17.8 Å². The van der Waals surface area contributed by atoms with Gasteiger partial charge in [0.1, 0.15) is 5.75 Å². The fraction of sp³-hybridized carbons (Fsp3) is 0.550. The Labute approximate surface area is 166 Å². The average molecular weight is 435 g/mol. The molecule has 0 spiro atoms. The second-order valence-corrected chi connectivity index (χ2v) is 9.20. The molecule has 0 atom stereocenters. The van der Waals surface area contributed by atoms with Crippen molar-refractivity contribution >= 4 is 34.2 Å². The normalized spacial score (nSPS) is 30.6. The molecule has 0 aromatic heterocycles. The summed E-state index contributed by atoms with van der Waals surface area (Å²) in [6, 6.07) is 4.49. The van der Waals surface area contributed by atoms with Crippen LogP contribution in [0.5, 0.6) is 5.75 Å². The van der Waals surface area contributed by atoms with E-state index in [2.05, 4.69) is 26.6 Å². The van der Waals surface area contributed by atoms with Crippen LogP contribution in [0.2, 0.25) is 0 Å². The number of nitrogens with one attached hydrogen (secondary N) is 2. The lowest BCUT2D eigenvalue weighted by atomic mass is 9.53. The standard InChI is InChI=1S/C20H23BrN2O4/c21-16-1-2-17(15(6-16)10-24)27-11-18(25)22-19(26)23-20-7-12-3-13(8-20)5-14(4-12)9-20/h1-2,6,10,12-14H,3-5,7-9,11H2,(H2,22,23,25,26). The van der Waals surface area contributed by atoms with Crippen LogP contribution in [0.3, 0.4) is 0 Å². The highest BCUT2D eigenvalue weighted by Gasteiger charge is 2.51. The number of ether oxygens (including phenoxy) is 1. The van der Waals surface area contributed by atoms with Gasteiger partial charge >= 0.3 is 6.03 Å². The minimum absolute atomic E-state index is 0.142. The van der Waals surface area contributed by atoms with Crippen LogP contribution >= 0.6 is 15.9 Å². The largest absolute Gasteiger partial charge is 0.483 e. The van der Waals surface area contributed by atoms with E-state index in [0.29, 0.717) is 17.6 Å². The van der Waals surface area contributed by atoms with Gasteiger partial charge in [-0.2, -0.15) is 0 Å². The van der Waals surface area contributed by atoms with Gasteiger partial charge in [0.05, 0.1) is 5.56 Å². The van der Waals surface area contributed by atoms with E-state index in [-0.39, 0.29) is 12.1 Å². The van der Waals surface area contributed by atoms with Gasteiger partial charge in [-0.3, -0.25) is 14.9 Å². The maximum atomic E-state index is 12.4. The van der Waals surface area contributed by atoms with Crippen molar-refractivity contribution in [2.75, 3.05) is 6.61 Å². The van der Waals surface area contributed by atoms with E-state index < -0.39 is 11.9 Å². The van der Waals surface area contributed by atoms with Crippen LogP contribution in [0.25, 0.3) is 0 Å². The van der Waals surface area contributed by atoms with E-state index in [9.17, 15) is 14.4 Å². The molecule has 0 saturated heterocycles. The maximum absolute atomic E-state index is 12.4. The topological polar surface area (TPSA) is 84.5 Å². The molecule has 2 N–H and O–H groups in total. The number of amides is 3. The van der Waals surface area contributed by atoms with E-state index in [1.165, 1.54) is 19.3 Å². The van der Waals surface area contributed by atoms with Gasteiger partial charge in [-0.15, -0.1) is 0 Å². The molecule has 0 heterocycles. The summed E-state index contributed by atoms with van der Waals surface area (Å²) in [6.45, 7) is -0.323. The molecule has 6 nitrogen and oxygen atoms in total. The molecule has 4 fully saturated rings. The smallest absolute Gasteiger partial charge is 0.321 e. The van der Waals surface area contributed by atoms with Gasteiger partial charge in [0, 0.05) is 10.0 Å². The van der Waals surface area contributed by atoms with E-state index in [4.69, 9.17) is 4.74 Å². The van der Waals surface area contributed by atoms with Gasteiger partial charge in [-0.25, -0.2) is 4.79 Å². The molecule has 4 saturated carbocycles. The van der Waals surface area contributed by atoms with Crippen LogP contribution in [0.1, 0.15) is 48.9 Å². The van der Waals surface area contributed by atoms with Crippen molar-refractivity contribution in [1.82, 2.24) is 10.6 Å². The highest BCUT2D eigenvalue weighted by Crippen LogP contribution is 2.55. The lowest BCUT2D eigenvalue weighted by molar-refractivity contribution is -0.122. The molecule has 5 rings (SSSR count). The van der Waals surface area contributed by atoms with Crippen molar-refractivity contribution in [2.45, 2.75) is 44.1 Å². The SMILES string of the molecule is O=Cc1cc(Br)ccc1OCC(=O)NC(=O)NC12CC3CC(CC(C3)C1)C2. The second-order valence-electron chi connectivity index (χ2n) is 8.29. The summed E-state index contributed by atoms with van der Waals surface area (Å²) in [5.41, 5.74) is 0.200. The number of imide groups is 1. The third-order valence-electron chi connectivity index (χ3n) is 6.13. The summed E-state index contributed by atoms with van der Waals surface area (Å²) in [7, 11) is 0. The number of rotatable bonds is 5. The first-order chi connectivity index (χ1) is 12.9. The molecule has 7 heteroatoms. The molecular weight excluding hydrogens is 412 g/mol. The van der Waals surface area contributed by atoms with Crippen LogP contribution < -0.4 is 15.4 Å². The molecule has 1 aromatic carbocycles.